The van der Waals surface area contributed by atoms with E-state index in [1.54, 1.807) is 12.1 Å². The minimum absolute atomic E-state index is 0.266. The second kappa shape index (κ2) is 5.69. The first-order valence-electron chi connectivity index (χ1n) is 7.34. The number of nitrogens with one attached hydrogen (secondary N) is 1. The Bertz CT molecular complexity index is 658. The molecule has 0 fully saturated rings. The van der Waals surface area contributed by atoms with Crippen molar-refractivity contribution in [1.29, 1.82) is 0 Å². The SMILES string of the molecule is Cc1nc2c(n1Cc1ccc(C(=O)NN)cc1)CCCC2. The number of aryl methyl sites for hydroxylation is 2. The largest absolute Gasteiger partial charge is 0.328 e. The van der Waals surface area contributed by atoms with Crippen molar-refractivity contribution in [2.24, 2.45) is 5.84 Å². The molecule has 0 aliphatic heterocycles. The number of hydrazine groups is 1. The summed E-state index contributed by atoms with van der Waals surface area (Å²) in [6.45, 7) is 2.87. The maximum Gasteiger partial charge on any atom is 0.265 e. The van der Waals surface area contributed by atoms with E-state index in [-0.39, 0.29) is 5.91 Å². The van der Waals surface area contributed by atoms with Crippen LogP contribution < -0.4 is 11.3 Å². The predicted molar refractivity (Wildman–Crippen MR) is 80.8 cm³/mol. The highest BCUT2D eigenvalue weighted by Crippen LogP contribution is 2.23. The molecule has 21 heavy (non-hydrogen) atoms. The van der Waals surface area contributed by atoms with E-state index in [0.717, 1.165) is 30.8 Å². The summed E-state index contributed by atoms with van der Waals surface area (Å²) in [4.78, 5) is 16.1. The Kier molecular flexibility index (Phi) is 3.75. The fraction of sp³-hybridized carbons (Fsp3) is 0.375. The molecule has 1 aromatic heterocycles. The van der Waals surface area contributed by atoms with E-state index in [1.807, 2.05) is 12.1 Å². The average molecular weight is 284 g/mol. The number of hydrogen-bond donors (Lipinski definition) is 2. The number of imidazole rings is 1. The van der Waals surface area contributed by atoms with Crippen molar-refractivity contribution >= 4 is 5.91 Å². The molecule has 2 aromatic rings. The third-order valence-corrected chi connectivity index (χ3v) is 4.11. The van der Waals surface area contributed by atoms with Gasteiger partial charge in [0.1, 0.15) is 5.82 Å². The highest BCUT2D eigenvalue weighted by molar-refractivity contribution is 5.93. The van der Waals surface area contributed by atoms with Crippen LogP contribution >= 0.6 is 0 Å². The molecule has 0 unspecified atom stereocenters. The van der Waals surface area contributed by atoms with Gasteiger partial charge in [0.25, 0.3) is 5.91 Å². The summed E-state index contributed by atoms with van der Waals surface area (Å²) in [6, 6.07) is 7.55. The van der Waals surface area contributed by atoms with E-state index < -0.39 is 0 Å². The number of nitrogens with zero attached hydrogens (tertiary/aromatic N) is 2. The van der Waals surface area contributed by atoms with Gasteiger partial charge in [-0.15, -0.1) is 0 Å². The second-order valence-corrected chi connectivity index (χ2v) is 5.52. The standard InChI is InChI=1S/C16H20N4O/c1-11-18-14-4-2-3-5-15(14)20(11)10-12-6-8-13(9-7-12)16(21)19-17/h6-9H,2-5,10,17H2,1H3,(H,19,21). The smallest absolute Gasteiger partial charge is 0.265 e. The van der Waals surface area contributed by atoms with Gasteiger partial charge in [-0.1, -0.05) is 12.1 Å². The molecular weight excluding hydrogens is 264 g/mol. The van der Waals surface area contributed by atoms with Crippen LogP contribution in [-0.2, 0) is 19.4 Å². The molecular formula is C16H20N4O. The molecule has 0 saturated carbocycles. The van der Waals surface area contributed by atoms with Gasteiger partial charge in [0, 0.05) is 17.8 Å². The van der Waals surface area contributed by atoms with E-state index in [1.165, 1.54) is 24.2 Å². The normalized spacial score (nSPS) is 13.8. The highest BCUT2D eigenvalue weighted by Gasteiger charge is 2.18. The van der Waals surface area contributed by atoms with E-state index in [2.05, 4.69) is 21.9 Å². The van der Waals surface area contributed by atoms with Crippen LogP contribution in [0.3, 0.4) is 0 Å². The van der Waals surface area contributed by atoms with Gasteiger partial charge in [-0.2, -0.15) is 0 Å². The lowest BCUT2D eigenvalue weighted by Crippen LogP contribution is -2.29. The molecule has 1 aliphatic rings. The Morgan fingerprint density at radius 2 is 2.00 bits per heavy atom. The number of benzene rings is 1. The van der Waals surface area contributed by atoms with E-state index >= 15 is 0 Å². The van der Waals surface area contributed by atoms with Crippen LogP contribution in [0.2, 0.25) is 0 Å². The van der Waals surface area contributed by atoms with Crippen molar-refractivity contribution in [2.75, 3.05) is 0 Å². The molecule has 110 valence electrons. The molecule has 1 aromatic carbocycles. The average Bonchev–Trinajstić information content (AvgIpc) is 2.83. The van der Waals surface area contributed by atoms with Crippen LogP contribution in [0, 0.1) is 6.92 Å². The van der Waals surface area contributed by atoms with Gasteiger partial charge < -0.3 is 4.57 Å². The summed E-state index contributed by atoms with van der Waals surface area (Å²) in [5.41, 5.74) is 6.52. The van der Waals surface area contributed by atoms with Crippen molar-refractivity contribution < 1.29 is 4.79 Å². The molecule has 1 amide bonds. The van der Waals surface area contributed by atoms with Crippen LogP contribution in [0.5, 0.6) is 0 Å². The molecule has 5 nitrogen and oxygen atoms in total. The fourth-order valence-electron chi connectivity index (χ4n) is 2.97. The Labute approximate surface area is 124 Å². The monoisotopic (exact) mass is 284 g/mol. The van der Waals surface area contributed by atoms with Crippen LogP contribution in [0.25, 0.3) is 0 Å². The molecule has 0 atom stereocenters. The number of rotatable bonds is 3. The molecule has 0 saturated heterocycles. The quantitative estimate of drug-likeness (QED) is 0.512. The first-order chi connectivity index (χ1) is 10.2. The van der Waals surface area contributed by atoms with E-state index in [0.29, 0.717) is 5.56 Å². The van der Waals surface area contributed by atoms with Gasteiger partial charge in [0.15, 0.2) is 0 Å². The number of carbonyl (C=O) groups excluding carboxylic acids is 1. The summed E-state index contributed by atoms with van der Waals surface area (Å²) >= 11 is 0. The predicted octanol–water partition coefficient (Wildman–Crippen LogP) is 1.72. The van der Waals surface area contributed by atoms with Gasteiger partial charge in [0.2, 0.25) is 0 Å². The molecule has 5 heteroatoms. The Morgan fingerprint density at radius 3 is 2.71 bits per heavy atom. The van der Waals surface area contributed by atoms with Crippen molar-refractivity contribution in [3.63, 3.8) is 0 Å². The third kappa shape index (κ3) is 2.69. The van der Waals surface area contributed by atoms with Gasteiger partial charge in [-0.3, -0.25) is 10.2 Å². The minimum Gasteiger partial charge on any atom is -0.328 e. The van der Waals surface area contributed by atoms with Crippen LogP contribution in [0.15, 0.2) is 24.3 Å². The lowest BCUT2D eigenvalue weighted by atomic mass is 10.0. The van der Waals surface area contributed by atoms with Crippen LogP contribution in [-0.4, -0.2) is 15.5 Å². The maximum absolute atomic E-state index is 11.4. The Morgan fingerprint density at radius 1 is 1.29 bits per heavy atom. The lowest BCUT2D eigenvalue weighted by molar-refractivity contribution is 0.0953. The number of nitrogens with two attached hydrogens (primary N) is 1. The topological polar surface area (TPSA) is 72.9 Å². The van der Waals surface area contributed by atoms with E-state index in [4.69, 9.17) is 5.84 Å². The number of amides is 1. The van der Waals surface area contributed by atoms with Gasteiger partial charge in [0.05, 0.1) is 5.69 Å². The number of hydrogen-bond acceptors (Lipinski definition) is 3. The number of carbonyl (C=O) groups is 1. The molecule has 3 N–H and O–H groups in total. The maximum atomic E-state index is 11.4. The van der Waals surface area contributed by atoms with Gasteiger partial charge in [-0.05, 0) is 50.3 Å². The first kappa shape index (κ1) is 13.8. The zero-order chi connectivity index (χ0) is 14.8. The zero-order valence-electron chi connectivity index (χ0n) is 12.2. The molecule has 0 bridgehead atoms. The van der Waals surface area contributed by atoms with Crippen molar-refractivity contribution in [3.8, 4) is 0 Å². The molecule has 0 radical (unpaired) electrons. The van der Waals surface area contributed by atoms with Crippen molar-refractivity contribution in [3.05, 3.63) is 52.6 Å². The Balaban J connectivity index is 1.84. The number of fused-ring (bicyclic) bond motifs is 1. The lowest BCUT2D eigenvalue weighted by Gasteiger charge is -2.15. The molecule has 1 heterocycles. The minimum atomic E-state index is -0.266. The number of nitrogen functional groups attached to an aromatic ring is 1. The molecule has 3 rings (SSSR count). The Hall–Kier alpha value is -2.14. The summed E-state index contributed by atoms with van der Waals surface area (Å²) in [5.74, 6) is 5.94. The van der Waals surface area contributed by atoms with Crippen molar-refractivity contribution in [2.45, 2.75) is 39.2 Å². The summed E-state index contributed by atoms with van der Waals surface area (Å²) in [7, 11) is 0. The van der Waals surface area contributed by atoms with Crippen LogP contribution in [0.1, 0.15) is 46.0 Å². The summed E-state index contributed by atoms with van der Waals surface area (Å²) in [6.07, 6.45) is 4.70. The highest BCUT2D eigenvalue weighted by atomic mass is 16.2. The zero-order valence-corrected chi connectivity index (χ0v) is 12.2. The van der Waals surface area contributed by atoms with Crippen LogP contribution in [0.4, 0.5) is 0 Å². The third-order valence-electron chi connectivity index (χ3n) is 4.11. The second-order valence-electron chi connectivity index (χ2n) is 5.52. The first-order valence-corrected chi connectivity index (χ1v) is 7.34. The fourth-order valence-corrected chi connectivity index (χ4v) is 2.97. The number of aromatic nitrogens is 2. The van der Waals surface area contributed by atoms with Gasteiger partial charge in [-0.25, -0.2) is 10.8 Å². The van der Waals surface area contributed by atoms with E-state index in [9.17, 15) is 4.79 Å². The van der Waals surface area contributed by atoms with Gasteiger partial charge >= 0.3 is 0 Å². The summed E-state index contributed by atoms with van der Waals surface area (Å²) < 4.78 is 2.30. The molecule has 1 aliphatic carbocycles. The summed E-state index contributed by atoms with van der Waals surface area (Å²) in [5, 5.41) is 0. The van der Waals surface area contributed by atoms with Crippen molar-refractivity contribution in [1.82, 2.24) is 15.0 Å². The molecule has 0 spiro atoms.